The average molecular weight is 422 g/mol. The average Bonchev–Trinajstić information content (AvgIpc) is 2.85. The second-order valence-corrected chi connectivity index (χ2v) is 6.76. The van der Waals surface area contributed by atoms with Crippen LogP contribution >= 0.6 is 39.9 Å². The van der Waals surface area contributed by atoms with E-state index in [0.717, 1.165) is 21.1 Å². The van der Waals surface area contributed by atoms with E-state index >= 15 is 0 Å². The Morgan fingerprint density at radius 2 is 1.79 bits per heavy atom. The van der Waals surface area contributed by atoms with Crippen LogP contribution in [0.15, 0.2) is 72.2 Å². The maximum absolute atomic E-state index is 6.01. The van der Waals surface area contributed by atoms with E-state index < -0.39 is 0 Å². The monoisotopic (exact) mass is 420 g/mol. The molecule has 0 N–H and O–H groups in total. The summed E-state index contributed by atoms with van der Waals surface area (Å²) in [5.41, 5.74) is 3.26. The predicted octanol–water partition coefficient (Wildman–Crippen LogP) is 6.17. The summed E-state index contributed by atoms with van der Waals surface area (Å²) in [4.78, 5) is 6.99. The molecule has 0 aliphatic rings. The van der Waals surface area contributed by atoms with Crippen molar-refractivity contribution < 1.29 is 0 Å². The molecule has 0 saturated heterocycles. The van der Waals surface area contributed by atoms with E-state index in [9.17, 15) is 0 Å². The third-order valence-corrected chi connectivity index (χ3v) is 4.73. The molecule has 3 rings (SSSR count). The van der Waals surface area contributed by atoms with Crippen LogP contribution in [0, 0.1) is 6.92 Å². The number of hydrogen-bond acceptors (Lipinski definition) is 2. The van der Waals surface area contributed by atoms with Crippen molar-refractivity contribution in [1.82, 2.24) is 4.57 Å². The van der Waals surface area contributed by atoms with E-state index in [4.69, 9.17) is 16.6 Å². The van der Waals surface area contributed by atoms with Crippen molar-refractivity contribution in [3.63, 3.8) is 0 Å². The Balaban J connectivity index is 0.00000208. The number of thiazole rings is 1. The molecule has 0 spiro atoms. The van der Waals surface area contributed by atoms with Gasteiger partial charge in [-0.2, -0.15) is 0 Å². The molecule has 2 nitrogen and oxygen atoms in total. The Kier molecular flexibility index (Phi) is 6.60. The maximum atomic E-state index is 6.01. The normalized spacial score (nSPS) is 11.2. The molecule has 3 aromatic rings. The molecular weight excluding hydrogens is 404 g/mol. The highest BCUT2D eigenvalue weighted by atomic mass is 79.9. The van der Waals surface area contributed by atoms with Gasteiger partial charge in [0.1, 0.15) is 0 Å². The second-order valence-electron chi connectivity index (χ2n) is 5.14. The van der Waals surface area contributed by atoms with E-state index in [2.05, 4.69) is 18.1 Å². The highest BCUT2D eigenvalue weighted by Crippen LogP contribution is 2.27. The van der Waals surface area contributed by atoms with Crippen LogP contribution < -0.4 is 4.80 Å². The molecule has 1 heterocycles. The van der Waals surface area contributed by atoms with Crippen molar-refractivity contribution in [2.24, 2.45) is 4.99 Å². The molecule has 0 radical (unpaired) electrons. The lowest BCUT2D eigenvalue weighted by Crippen LogP contribution is -2.14. The van der Waals surface area contributed by atoms with Crippen LogP contribution in [0.25, 0.3) is 11.3 Å². The summed E-state index contributed by atoms with van der Waals surface area (Å²) >= 11 is 7.70. The molecule has 0 saturated carbocycles. The first-order valence-electron chi connectivity index (χ1n) is 7.36. The number of hydrogen-bond donors (Lipinski definition) is 0. The molecule has 2 aromatic carbocycles. The van der Waals surface area contributed by atoms with Crippen LogP contribution in [0.3, 0.4) is 0 Å². The third kappa shape index (κ3) is 4.07. The fraction of sp³-hybridized carbons (Fsp3) is 0.105. The Morgan fingerprint density at radius 3 is 2.42 bits per heavy atom. The highest BCUT2D eigenvalue weighted by Gasteiger charge is 2.12. The van der Waals surface area contributed by atoms with Crippen molar-refractivity contribution in [2.45, 2.75) is 13.5 Å². The number of rotatable bonds is 4. The van der Waals surface area contributed by atoms with Gasteiger partial charge < -0.3 is 4.57 Å². The summed E-state index contributed by atoms with van der Waals surface area (Å²) in [5.74, 6) is 0. The number of allylic oxidation sites excluding steroid dienone is 1. The van der Waals surface area contributed by atoms with Crippen LogP contribution in [-0.4, -0.2) is 4.57 Å². The first-order valence-corrected chi connectivity index (χ1v) is 8.55. The number of benzene rings is 2. The van der Waals surface area contributed by atoms with Crippen LogP contribution in [0.5, 0.6) is 0 Å². The molecule has 0 unspecified atom stereocenters. The van der Waals surface area contributed by atoms with Crippen LogP contribution in [0.2, 0.25) is 5.02 Å². The van der Waals surface area contributed by atoms with Crippen LogP contribution in [-0.2, 0) is 6.54 Å². The molecule has 0 aliphatic carbocycles. The Morgan fingerprint density at radius 1 is 1.12 bits per heavy atom. The molecule has 24 heavy (non-hydrogen) atoms. The van der Waals surface area contributed by atoms with Crippen molar-refractivity contribution in [1.29, 1.82) is 0 Å². The molecule has 0 bridgehead atoms. The first-order chi connectivity index (χ1) is 11.2. The quantitative estimate of drug-likeness (QED) is 0.448. The molecule has 1 aromatic heterocycles. The van der Waals surface area contributed by atoms with Gasteiger partial charge in [-0.25, -0.2) is 4.99 Å². The summed E-state index contributed by atoms with van der Waals surface area (Å²) in [6.07, 6.45) is 1.90. The summed E-state index contributed by atoms with van der Waals surface area (Å²) in [5, 5.41) is 0.742. The number of halogens is 2. The summed E-state index contributed by atoms with van der Waals surface area (Å²) < 4.78 is 2.20. The Hall–Kier alpha value is -1.62. The van der Waals surface area contributed by atoms with Crippen molar-refractivity contribution >= 4 is 45.6 Å². The smallest absolute Gasteiger partial charge is 0.190 e. The van der Waals surface area contributed by atoms with Gasteiger partial charge in [0.05, 0.1) is 11.4 Å². The summed E-state index contributed by atoms with van der Waals surface area (Å²) in [6, 6.07) is 17.9. The minimum absolute atomic E-state index is 0. The second kappa shape index (κ2) is 8.47. The number of para-hydroxylation sites is 1. The van der Waals surface area contributed by atoms with Crippen molar-refractivity contribution in [3.05, 3.63) is 82.0 Å². The minimum atomic E-state index is 0. The van der Waals surface area contributed by atoms with Gasteiger partial charge in [0, 0.05) is 16.4 Å². The molecule has 0 amide bonds. The molecule has 0 fully saturated rings. The van der Waals surface area contributed by atoms with E-state index in [1.54, 1.807) is 11.3 Å². The SMILES string of the molecule is Br.C=CCn1c(-c2ccc(Cl)cc2)c(C)sc1=Nc1ccccc1. The molecular formula is C19H18BrClN2S. The molecule has 5 heteroatoms. The summed E-state index contributed by atoms with van der Waals surface area (Å²) in [6.45, 7) is 6.72. The van der Waals surface area contributed by atoms with Gasteiger partial charge in [0.15, 0.2) is 4.80 Å². The number of nitrogens with zero attached hydrogens (tertiary/aromatic N) is 2. The van der Waals surface area contributed by atoms with E-state index in [1.165, 1.54) is 10.6 Å². The highest BCUT2D eigenvalue weighted by molar-refractivity contribution is 8.93. The number of aryl methyl sites for hydroxylation is 1. The zero-order chi connectivity index (χ0) is 16.2. The minimum Gasteiger partial charge on any atom is -0.312 e. The predicted molar refractivity (Wildman–Crippen MR) is 110 cm³/mol. The zero-order valence-corrected chi connectivity index (χ0v) is 16.6. The van der Waals surface area contributed by atoms with Crippen molar-refractivity contribution in [2.75, 3.05) is 0 Å². The van der Waals surface area contributed by atoms with Gasteiger partial charge in [0.2, 0.25) is 0 Å². The fourth-order valence-corrected chi connectivity index (χ4v) is 3.64. The Bertz CT molecular complexity index is 880. The molecule has 124 valence electrons. The lowest BCUT2D eigenvalue weighted by atomic mass is 10.1. The lowest BCUT2D eigenvalue weighted by Gasteiger charge is -2.08. The van der Waals surface area contributed by atoms with E-state index in [0.29, 0.717) is 6.54 Å². The fourth-order valence-electron chi connectivity index (χ4n) is 2.49. The largest absolute Gasteiger partial charge is 0.312 e. The third-order valence-electron chi connectivity index (χ3n) is 3.49. The van der Waals surface area contributed by atoms with Gasteiger partial charge in [-0.05, 0) is 36.8 Å². The van der Waals surface area contributed by atoms with Gasteiger partial charge in [-0.1, -0.05) is 48.0 Å². The molecule has 0 aliphatic heterocycles. The summed E-state index contributed by atoms with van der Waals surface area (Å²) in [7, 11) is 0. The maximum Gasteiger partial charge on any atom is 0.190 e. The Labute approximate surface area is 161 Å². The van der Waals surface area contributed by atoms with Gasteiger partial charge in [-0.15, -0.1) is 34.9 Å². The van der Waals surface area contributed by atoms with E-state index in [-0.39, 0.29) is 17.0 Å². The van der Waals surface area contributed by atoms with Crippen LogP contribution in [0.1, 0.15) is 4.88 Å². The lowest BCUT2D eigenvalue weighted by molar-refractivity contribution is 0.798. The van der Waals surface area contributed by atoms with Crippen LogP contribution in [0.4, 0.5) is 5.69 Å². The van der Waals surface area contributed by atoms with Gasteiger partial charge in [-0.3, -0.25) is 0 Å². The van der Waals surface area contributed by atoms with E-state index in [1.807, 2.05) is 60.7 Å². The topological polar surface area (TPSA) is 17.3 Å². The van der Waals surface area contributed by atoms with Crippen molar-refractivity contribution in [3.8, 4) is 11.3 Å². The standard InChI is InChI=1S/C19H17ClN2S.BrH/c1-3-13-22-18(15-9-11-16(20)12-10-15)14(2)23-19(22)21-17-7-5-4-6-8-17;/h3-12H,1,13H2,2H3;1H. The zero-order valence-electron chi connectivity index (χ0n) is 13.3. The van der Waals surface area contributed by atoms with Gasteiger partial charge in [0.25, 0.3) is 0 Å². The number of aromatic nitrogens is 1. The first kappa shape index (κ1) is 18.7. The molecule has 0 atom stereocenters. The van der Waals surface area contributed by atoms with Gasteiger partial charge >= 0.3 is 0 Å².